The second-order valence-electron chi connectivity index (χ2n) is 5.27. The molecule has 0 aliphatic heterocycles. The predicted octanol–water partition coefficient (Wildman–Crippen LogP) is 4.78. The van der Waals surface area contributed by atoms with Crippen molar-refractivity contribution in [2.24, 2.45) is 0 Å². The van der Waals surface area contributed by atoms with Crippen LogP contribution in [-0.2, 0) is 0 Å². The molecular formula is C18H18Cl2N2O2. The first kappa shape index (κ1) is 18.3. The Labute approximate surface area is 151 Å². The predicted molar refractivity (Wildman–Crippen MR) is 98.1 cm³/mol. The van der Waals surface area contributed by atoms with Crippen LogP contribution in [0, 0.1) is 0 Å². The Morgan fingerprint density at radius 1 is 1.00 bits per heavy atom. The zero-order valence-corrected chi connectivity index (χ0v) is 14.7. The third kappa shape index (κ3) is 4.98. The lowest BCUT2D eigenvalue weighted by atomic mass is 10.1. The number of unbranched alkanes of at least 4 members (excludes halogenated alkanes) is 1. The fourth-order valence-electron chi connectivity index (χ4n) is 2.07. The number of hydrogen-bond acceptors (Lipinski definition) is 2. The van der Waals surface area contributed by atoms with Gasteiger partial charge in [-0.2, -0.15) is 0 Å². The molecule has 2 N–H and O–H groups in total. The zero-order valence-electron chi connectivity index (χ0n) is 13.2. The highest BCUT2D eigenvalue weighted by Gasteiger charge is 2.12. The summed E-state index contributed by atoms with van der Waals surface area (Å²) in [6, 6.07) is 11.4. The van der Waals surface area contributed by atoms with Crippen molar-refractivity contribution in [1.82, 2.24) is 5.32 Å². The number of anilines is 1. The molecule has 0 aliphatic carbocycles. The molecule has 2 aromatic carbocycles. The molecule has 6 heteroatoms. The van der Waals surface area contributed by atoms with Crippen LogP contribution in [0.4, 0.5) is 5.69 Å². The van der Waals surface area contributed by atoms with Crippen molar-refractivity contribution >= 4 is 40.7 Å². The third-order valence-electron chi connectivity index (χ3n) is 3.38. The summed E-state index contributed by atoms with van der Waals surface area (Å²) in [5, 5.41) is 6.38. The first-order valence-electron chi connectivity index (χ1n) is 7.66. The van der Waals surface area contributed by atoms with Crippen molar-refractivity contribution in [3.8, 4) is 0 Å². The molecule has 0 unspecified atom stereocenters. The van der Waals surface area contributed by atoms with Gasteiger partial charge >= 0.3 is 0 Å². The van der Waals surface area contributed by atoms with Crippen LogP contribution < -0.4 is 10.6 Å². The van der Waals surface area contributed by atoms with E-state index < -0.39 is 0 Å². The molecule has 24 heavy (non-hydrogen) atoms. The smallest absolute Gasteiger partial charge is 0.255 e. The molecule has 0 saturated heterocycles. The summed E-state index contributed by atoms with van der Waals surface area (Å²) in [4.78, 5) is 24.4. The minimum Gasteiger partial charge on any atom is -0.352 e. The Hall–Kier alpha value is -2.04. The van der Waals surface area contributed by atoms with Crippen LogP contribution >= 0.6 is 23.2 Å². The highest BCUT2D eigenvalue weighted by molar-refractivity contribution is 6.36. The van der Waals surface area contributed by atoms with Gasteiger partial charge in [0.05, 0.1) is 10.7 Å². The monoisotopic (exact) mass is 364 g/mol. The molecule has 0 heterocycles. The Balaban J connectivity index is 2.09. The van der Waals surface area contributed by atoms with Crippen LogP contribution in [0.3, 0.4) is 0 Å². The summed E-state index contributed by atoms with van der Waals surface area (Å²) in [6.07, 6.45) is 1.92. The maximum Gasteiger partial charge on any atom is 0.255 e. The molecule has 126 valence electrons. The molecular weight excluding hydrogens is 347 g/mol. The van der Waals surface area contributed by atoms with E-state index in [1.807, 2.05) is 0 Å². The maximum absolute atomic E-state index is 12.4. The first-order valence-corrected chi connectivity index (χ1v) is 8.41. The standard InChI is InChI=1S/C18H18Cl2N2O2/c1-2-3-9-21-17(23)12-5-4-6-13(10-12)18(24)22-16-8-7-14(19)11-15(16)20/h4-8,10-11H,2-3,9H2,1H3,(H,21,23)(H,22,24). The maximum atomic E-state index is 12.4. The van der Waals surface area contributed by atoms with E-state index in [0.717, 1.165) is 12.8 Å². The van der Waals surface area contributed by atoms with E-state index in [4.69, 9.17) is 23.2 Å². The SMILES string of the molecule is CCCCNC(=O)c1cccc(C(=O)Nc2ccc(Cl)cc2Cl)c1. The van der Waals surface area contributed by atoms with Gasteiger partial charge in [-0.25, -0.2) is 0 Å². The molecule has 0 atom stereocenters. The molecule has 0 radical (unpaired) electrons. The summed E-state index contributed by atoms with van der Waals surface area (Å²) < 4.78 is 0. The van der Waals surface area contributed by atoms with Gasteiger partial charge < -0.3 is 10.6 Å². The number of nitrogens with one attached hydrogen (secondary N) is 2. The average Bonchev–Trinajstić information content (AvgIpc) is 2.57. The van der Waals surface area contributed by atoms with Crippen molar-refractivity contribution in [3.05, 3.63) is 63.6 Å². The van der Waals surface area contributed by atoms with Crippen molar-refractivity contribution in [2.75, 3.05) is 11.9 Å². The van der Waals surface area contributed by atoms with Gasteiger partial charge in [0.25, 0.3) is 11.8 Å². The molecule has 0 aromatic heterocycles. The number of hydrogen-bond donors (Lipinski definition) is 2. The van der Waals surface area contributed by atoms with Gasteiger partial charge in [0.1, 0.15) is 0 Å². The van der Waals surface area contributed by atoms with Gasteiger partial charge in [-0.05, 0) is 42.8 Å². The van der Waals surface area contributed by atoms with Crippen LogP contribution in [-0.4, -0.2) is 18.4 Å². The van der Waals surface area contributed by atoms with Crippen molar-refractivity contribution in [2.45, 2.75) is 19.8 Å². The quantitative estimate of drug-likeness (QED) is 0.724. The van der Waals surface area contributed by atoms with Crippen molar-refractivity contribution < 1.29 is 9.59 Å². The lowest BCUT2D eigenvalue weighted by molar-refractivity contribution is 0.0953. The molecule has 0 aliphatic rings. The van der Waals surface area contributed by atoms with E-state index >= 15 is 0 Å². The van der Waals surface area contributed by atoms with E-state index in [9.17, 15) is 9.59 Å². The van der Waals surface area contributed by atoms with E-state index in [2.05, 4.69) is 17.6 Å². The number of carbonyl (C=O) groups excluding carboxylic acids is 2. The number of rotatable bonds is 6. The van der Waals surface area contributed by atoms with Gasteiger partial charge in [0, 0.05) is 22.7 Å². The molecule has 0 fully saturated rings. The Bertz CT molecular complexity index is 748. The largest absolute Gasteiger partial charge is 0.352 e. The molecule has 0 saturated carbocycles. The third-order valence-corrected chi connectivity index (χ3v) is 3.93. The Kier molecular flexibility index (Phi) is 6.64. The lowest BCUT2D eigenvalue weighted by Crippen LogP contribution is -2.24. The normalized spacial score (nSPS) is 10.3. The second-order valence-corrected chi connectivity index (χ2v) is 6.11. The first-order chi connectivity index (χ1) is 11.5. The summed E-state index contributed by atoms with van der Waals surface area (Å²) in [6.45, 7) is 2.67. The number of carbonyl (C=O) groups is 2. The second kappa shape index (κ2) is 8.71. The van der Waals surface area contributed by atoms with Gasteiger partial charge in [0.2, 0.25) is 0 Å². The molecule has 2 aromatic rings. The number of benzene rings is 2. The van der Waals surface area contributed by atoms with Crippen LogP contribution in [0.5, 0.6) is 0 Å². The number of halogens is 2. The highest BCUT2D eigenvalue weighted by Crippen LogP contribution is 2.25. The topological polar surface area (TPSA) is 58.2 Å². The van der Waals surface area contributed by atoms with E-state index in [-0.39, 0.29) is 11.8 Å². The average molecular weight is 365 g/mol. The fourth-order valence-corrected chi connectivity index (χ4v) is 2.52. The zero-order chi connectivity index (χ0) is 17.5. The minimum atomic E-state index is -0.345. The highest BCUT2D eigenvalue weighted by atomic mass is 35.5. The lowest BCUT2D eigenvalue weighted by Gasteiger charge is -2.09. The van der Waals surface area contributed by atoms with Crippen LogP contribution in [0.2, 0.25) is 10.0 Å². The molecule has 2 rings (SSSR count). The van der Waals surface area contributed by atoms with E-state index in [1.54, 1.807) is 42.5 Å². The summed E-state index contributed by atoms with van der Waals surface area (Å²) >= 11 is 11.9. The summed E-state index contributed by atoms with van der Waals surface area (Å²) in [5.74, 6) is -0.537. The minimum absolute atomic E-state index is 0.192. The Morgan fingerprint density at radius 3 is 2.38 bits per heavy atom. The summed E-state index contributed by atoms with van der Waals surface area (Å²) in [5.41, 5.74) is 1.29. The molecule has 2 amide bonds. The molecule has 0 bridgehead atoms. The summed E-state index contributed by atoms with van der Waals surface area (Å²) in [7, 11) is 0. The van der Waals surface area contributed by atoms with Gasteiger partial charge in [-0.15, -0.1) is 0 Å². The van der Waals surface area contributed by atoms with Crippen LogP contribution in [0.25, 0.3) is 0 Å². The van der Waals surface area contributed by atoms with Crippen molar-refractivity contribution in [3.63, 3.8) is 0 Å². The van der Waals surface area contributed by atoms with E-state index in [0.29, 0.717) is 33.4 Å². The van der Waals surface area contributed by atoms with Gasteiger partial charge in [-0.1, -0.05) is 42.6 Å². The van der Waals surface area contributed by atoms with Crippen molar-refractivity contribution in [1.29, 1.82) is 0 Å². The molecule has 0 spiro atoms. The number of amides is 2. The molecule has 4 nitrogen and oxygen atoms in total. The fraction of sp³-hybridized carbons (Fsp3) is 0.222. The van der Waals surface area contributed by atoms with Gasteiger partial charge in [0.15, 0.2) is 0 Å². The van der Waals surface area contributed by atoms with Gasteiger partial charge in [-0.3, -0.25) is 9.59 Å². The Morgan fingerprint density at radius 2 is 1.71 bits per heavy atom. The van der Waals surface area contributed by atoms with Crippen LogP contribution in [0.1, 0.15) is 40.5 Å². The van der Waals surface area contributed by atoms with Crippen LogP contribution in [0.15, 0.2) is 42.5 Å². The van der Waals surface area contributed by atoms with E-state index in [1.165, 1.54) is 0 Å².